The summed E-state index contributed by atoms with van der Waals surface area (Å²) in [6.45, 7) is -0.398. The minimum absolute atomic E-state index is 0.265. The molecule has 112 valence electrons. The highest BCUT2D eigenvalue weighted by molar-refractivity contribution is 5.40. The van der Waals surface area contributed by atoms with Gasteiger partial charge in [-0.25, -0.2) is 0 Å². The molecular weight excluding hydrogens is 268 g/mol. The van der Waals surface area contributed by atoms with Crippen LogP contribution in [0.5, 0.6) is 11.5 Å². The maximum Gasteiger partial charge on any atom is 0.125 e. The molecular formula is C17H20O4. The number of hydrogen-bond acceptors (Lipinski definition) is 4. The van der Waals surface area contributed by atoms with Gasteiger partial charge in [-0.15, -0.1) is 0 Å². The SMILES string of the molecule is COc1cccc(CC(O)(CO)c2ccccc2OC)c1. The number of aliphatic hydroxyl groups excluding tert-OH is 1. The van der Waals surface area contributed by atoms with Crippen LogP contribution in [0.1, 0.15) is 11.1 Å². The Kier molecular flexibility index (Phi) is 4.83. The molecule has 1 atom stereocenters. The summed E-state index contributed by atoms with van der Waals surface area (Å²) in [5.41, 5.74) is 0.0357. The first-order valence-corrected chi connectivity index (χ1v) is 6.72. The minimum atomic E-state index is -1.40. The maximum atomic E-state index is 10.8. The van der Waals surface area contributed by atoms with E-state index in [0.717, 1.165) is 5.56 Å². The van der Waals surface area contributed by atoms with Crippen LogP contribution in [0.3, 0.4) is 0 Å². The molecule has 2 aromatic carbocycles. The van der Waals surface area contributed by atoms with Gasteiger partial charge >= 0.3 is 0 Å². The van der Waals surface area contributed by atoms with E-state index >= 15 is 0 Å². The molecule has 2 N–H and O–H groups in total. The first-order chi connectivity index (χ1) is 10.1. The average Bonchev–Trinajstić information content (AvgIpc) is 2.54. The van der Waals surface area contributed by atoms with Crippen LogP contribution in [0.25, 0.3) is 0 Å². The van der Waals surface area contributed by atoms with Crippen molar-refractivity contribution in [3.8, 4) is 11.5 Å². The molecule has 0 fully saturated rings. The highest BCUT2D eigenvalue weighted by Gasteiger charge is 2.31. The van der Waals surface area contributed by atoms with Gasteiger partial charge < -0.3 is 19.7 Å². The second-order valence-corrected chi connectivity index (χ2v) is 4.92. The molecule has 0 heterocycles. The average molecular weight is 288 g/mol. The lowest BCUT2D eigenvalue weighted by Gasteiger charge is -2.28. The highest BCUT2D eigenvalue weighted by Crippen LogP contribution is 2.33. The Morgan fingerprint density at radius 2 is 1.76 bits per heavy atom. The lowest BCUT2D eigenvalue weighted by Crippen LogP contribution is -2.33. The predicted octanol–water partition coefficient (Wildman–Crippen LogP) is 2.13. The van der Waals surface area contributed by atoms with Crippen LogP contribution in [0.2, 0.25) is 0 Å². The number of aliphatic hydroxyl groups is 2. The van der Waals surface area contributed by atoms with Crippen molar-refractivity contribution in [1.82, 2.24) is 0 Å². The van der Waals surface area contributed by atoms with Gasteiger partial charge in [0.2, 0.25) is 0 Å². The van der Waals surface area contributed by atoms with Crippen molar-refractivity contribution in [2.24, 2.45) is 0 Å². The Hall–Kier alpha value is -2.04. The Morgan fingerprint density at radius 3 is 2.43 bits per heavy atom. The van der Waals surface area contributed by atoms with Crippen LogP contribution in [0.4, 0.5) is 0 Å². The molecule has 0 amide bonds. The Morgan fingerprint density at radius 1 is 1.00 bits per heavy atom. The number of rotatable bonds is 6. The van der Waals surface area contributed by atoms with Gasteiger partial charge in [-0.2, -0.15) is 0 Å². The summed E-state index contributed by atoms with van der Waals surface area (Å²) in [5, 5.41) is 20.6. The summed E-state index contributed by atoms with van der Waals surface area (Å²) in [4.78, 5) is 0. The smallest absolute Gasteiger partial charge is 0.125 e. The van der Waals surface area contributed by atoms with Crippen LogP contribution in [-0.4, -0.2) is 31.0 Å². The summed E-state index contributed by atoms with van der Waals surface area (Å²) in [5.74, 6) is 1.27. The van der Waals surface area contributed by atoms with Gasteiger partial charge in [-0.05, 0) is 23.8 Å². The van der Waals surface area contributed by atoms with Crippen molar-refractivity contribution in [3.63, 3.8) is 0 Å². The summed E-state index contributed by atoms with van der Waals surface area (Å²) in [6.07, 6.45) is 0.265. The van der Waals surface area contributed by atoms with Crippen LogP contribution in [0.15, 0.2) is 48.5 Å². The fourth-order valence-corrected chi connectivity index (χ4v) is 2.39. The van der Waals surface area contributed by atoms with Crippen LogP contribution in [-0.2, 0) is 12.0 Å². The molecule has 2 aromatic rings. The number of benzene rings is 2. The highest BCUT2D eigenvalue weighted by atomic mass is 16.5. The summed E-state index contributed by atoms with van der Waals surface area (Å²) >= 11 is 0. The molecule has 1 unspecified atom stereocenters. The molecule has 0 saturated carbocycles. The molecule has 0 aliphatic rings. The van der Waals surface area contributed by atoms with Crippen LogP contribution < -0.4 is 9.47 Å². The lowest BCUT2D eigenvalue weighted by atomic mass is 9.87. The summed E-state index contributed by atoms with van der Waals surface area (Å²) in [7, 11) is 3.14. The zero-order chi connectivity index (χ0) is 15.3. The second-order valence-electron chi connectivity index (χ2n) is 4.92. The molecule has 0 spiro atoms. The first kappa shape index (κ1) is 15.4. The van der Waals surface area contributed by atoms with E-state index in [4.69, 9.17) is 9.47 Å². The van der Waals surface area contributed by atoms with Crippen molar-refractivity contribution >= 4 is 0 Å². The number of methoxy groups -OCH3 is 2. The van der Waals surface area contributed by atoms with E-state index in [1.807, 2.05) is 36.4 Å². The zero-order valence-corrected chi connectivity index (χ0v) is 12.2. The Labute approximate surface area is 124 Å². The van der Waals surface area contributed by atoms with E-state index in [-0.39, 0.29) is 6.42 Å². The molecule has 0 aromatic heterocycles. The third-order valence-corrected chi connectivity index (χ3v) is 3.50. The van der Waals surface area contributed by atoms with Gasteiger partial charge in [0.1, 0.15) is 17.1 Å². The first-order valence-electron chi connectivity index (χ1n) is 6.72. The third-order valence-electron chi connectivity index (χ3n) is 3.50. The largest absolute Gasteiger partial charge is 0.497 e. The molecule has 0 aliphatic carbocycles. The molecule has 0 bridgehead atoms. The van der Waals surface area contributed by atoms with Gasteiger partial charge in [0.25, 0.3) is 0 Å². The van der Waals surface area contributed by atoms with Gasteiger partial charge in [0.15, 0.2) is 0 Å². The summed E-state index contributed by atoms with van der Waals surface area (Å²) < 4.78 is 10.5. The normalized spacial score (nSPS) is 13.5. The minimum Gasteiger partial charge on any atom is -0.497 e. The molecule has 21 heavy (non-hydrogen) atoms. The van der Waals surface area contributed by atoms with Crippen LogP contribution in [0, 0.1) is 0 Å². The van der Waals surface area contributed by atoms with E-state index in [0.29, 0.717) is 17.1 Å². The van der Waals surface area contributed by atoms with Gasteiger partial charge in [-0.1, -0.05) is 30.3 Å². The molecule has 0 radical (unpaired) electrons. The zero-order valence-electron chi connectivity index (χ0n) is 12.2. The number of para-hydroxylation sites is 1. The van der Waals surface area contributed by atoms with Crippen LogP contribution >= 0.6 is 0 Å². The quantitative estimate of drug-likeness (QED) is 0.855. The maximum absolute atomic E-state index is 10.8. The standard InChI is InChI=1S/C17H20O4/c1-20-14-7-5-6-13(10-14)11-17(19,12-18)15-8-3-4-9-16(15)21-2/h3-10,18-19H,11-12H2,1-2H3. The number of ether oxygens (including phenoxy) is 2. The fourth-order valence-electron chi connectivity index (χ4n) is 2.39. The third kappa shape index (κ3) is 3.35. The van der Waals surface area contributed by atoms with Gasteiger partial charge in [-0.3, -0.25) is 0 Å². The Balaban J connectivity index is 2.36. The topological polar surface area (TPSA) is 58.9 Å². The lowest BCUT2D eigenvalue weighted by molar-refractivity contribution is -0.0204. The molecule has 4 heteroatoms. The number of hydrogen-bond donors (Lipinski definition) is 2. The molecule has 0 saturated heterocycles. The van der Waals surface area contributed by atoms with E-state index in [9.17, 15) is 10.2 Å². The second kappa shape index (κ2) is 6.61. The van der Waals surface area contributed by atoms with Crippen molar-refractivity contribution in [2.45, 2.75) is 12.0 Å². The van der Waals surface area contributed by atoms with E-state index in [1.165, 1.54) is 0 Å². The van der Waals surface area contributed by atoms with Gasteiger partial charge in [0.05, 0.1) is 20.8 Å². The van der Waals surface area contributed by atoms with E-state index < -0.39 is 12.2 Å². The van der Waals surface area contributed by atoms with E-state index in [2.05, 4.69) is 0 Å². The van der Waals surface area contributed by atoms with Gasteiger partial charge in [0, 0.05) is 12.0 Å². The van der Waals surface area contributed by atoms with E-state index in [1.54, 1.807) is 26.4 Å². The molecule has 2 rings (SSSR count). The monoisotopic (exact) mass is 288 g/mol. The molecule has 4 nitrogen and oxygen atoms in total. The molecule has 0 aliphatic heterocycles. The van der Waals surface area contributed by atoms with Crippen molar-refractivity contribution in [3.05, 3.63) is 59.7 Å². The summed E-state index contributed by atoms with van der Waals surface area (Å²) in [6, 6.07) is 14.6. The van der Waals surface area contributed by atoms with Crippen molar-refractivity contribution in [1.29, 1.82) is 0 Å². The predicted molar refractivity (Wildman–Crippen MR) is 80.7 cm³/mol. The van der Waals surface area contributed by atoms with Crippen molar-refractivity contribution < 1.29 is 19.7 Å². The Bertz CT molecular complexity index is 597. The fraction of sp³-hybridized carbons (Fsp3) is 0.294. The van der Waals surface area contributed by atoms with Crippen molar-refractivity contribution in [2.75, 3.05) is 20.8 Å².